The zero-order valence-electron chi connectivity index (χ0n) is 37.0. The third-order valence-corrected chi connectivity index (χ3v) is 20.8. The van der Waals surface area contributed by atoms with E-state index in [0.29, 0.717) is 23.7 Å². The summed E-state index contributed by atoms with van der Waals surface area (Å²) in [7, 11) is -1.59. The first-order valence-electron chi connectivity index (χ1n) is 23.6. The molecule has 0 amide bonds. The second-order valence-corrected chi connectivity index (χ2v) is 24.5. The molecule has 8 heterocycles. The van der Waals surface area contributed by atoms with E-state index in [1.165, 1.54) is 29.3 Å². The predicted octanol–water partition coefficient (Wildman–Crippen LogP) is 9.31. The van der Waals surface area contributed by atoms with Crippen molar-refractivity contribution < 1.29 is 42.7 Å². The van der Waals surface area contributed by atoms with E-state index in [0.717, 1.165) is 83.7 Å². The van der Waals surface area contributed by atoms with Gasteiger partial charge in [0.05, 0.1) is 54.9 Å². The molecule has 0 aromatic carbocycles. The highest BCUT2D eigenvalue weighted by Crippen LogP contribution is 2.54. The smallest absolute Gasteiger partial charge is 0.191 e. The molecule has 0 radical (unpaired) electrons. The Labute approximate surface area is 346 Å². The van der Waals surface area contributed by atoms with E-state index in [4.69, 9.17) is 37.6 Å². The first-order chi connectivity index (χ1) is 27.4. The van der Waals surface area contributed by atoms with E-state index in [1.807, 2.05) is 0 Å². The van der Waals surface area contributed by atoms with Gasteiger partial charge in [0.1, 0.15) is 18.3 Å². The molecule has 1 N–H and O–H groups in total. The lowest BCUT2D eigenvalue weighted by Gasteiger charge is -2.42. The standard InChI is InChI=1S/C47H80O9Si/c1-11-36-32(9)39(22-28(5)27-49-57(12-2,13-3)14-4)52-41(36)25-40-31(8)29(6)23-34(51-40)17-18-37-30(7)24-35(50-37)19-20-47-26-42-44(56-47)46-45(54-42)43(55-47)33(10)38(53-46)16-15-21-48/h28-29,32-46,48H,7-8,11-27H2,1-6,9-10H3/t28-,29+,32+,33?,34?,35?,36+,37-,38-,39+,40+,41?,42+,43-,44-,45-,46-,47+/m0/s1. The predicted molar refractivity (Wildman–Crippen MR) is 226 cm³/mol. The number of aliphatic hydroxyl groups excluding tert-OH is 1. The molecular formula is C47H80O9Si. The lowest BCUT2D eigenvalue weighted by atomic mass is 9.80. The first-order valence-corrected chi connectivity index (χ1v) is 26.1. The Morgan fingerprint density at radius 3 is 2.23 bits per heavy atom. The van der Waals surface area contributed by atoms with Crippen molar-refractivity contribution in [1.29, 1.82) is 0 Å². The Morgan fingerprint density at radius 1 is 0.789 bits per heavy atom. The molecule has 8 rings (SSSR count). The van der Waals surface area contributed by atoms with Gasteiger partial charge in [-0.2, -0.15) is 0 Å². The summed E-state index contributed by atoms with van der Waals surface area (Å²) in [6.45, 7) is 28.7. The Kier molecular flexibility index (Phi) is 14.6. The lowest BCUT2D eigenvalue weighted by Crippen LogP contribution is -2.54. The summed E-state index contributed by atoms with van der Waals surface area (Å²) in [6, 6.07) is 3.60. The molecule has 326 valence electrons. The van der Waals surface area contributed by atoms with Crippen molar-refractivity contribution in [2.45, 2.75) is 230 Å². The summed E-state index contributed by atoms with van der Waals surface area (Å²) in [5.41, 5.74) is 2.43. The molecule has 0 aliphatic carbocycles. The SMILES string of the molecule is C=C1CC(CC[C@@]23C[C@H]4O[C@@H]5[C@@H](O[C@@H](CCCO)C(C)[C@@H]5O2)[C@H]4O3)O[C@H]1CCC1C[C@@H](C)C(=C)[C@@H](CC2O[C@H](C[C@H](C)CO[Si](CC)(CC)CC)[C@H](C)[C@H]2CC)O1. The molecule has 4 unspecified atom stereocenters. The molecule has 0 saturated carbocycles. The molecule has 8 aliphatic rings. The minimum absolute atomic E-state index is 0.0134. The Hall–Kier alpha value is -0.663. The molecule has 8 fully saturated rings. The summed E-state index contributed by atoms with van der Waals surface area (Å²) in [4.78, 5) is 0. The molecule has 10 heteroatoms. The normalized spacial score (nSPS) is 44.6. The fourth-order valence-corrected chi connectivity index (χ4v) is 14.9. The van der Waals surface area contributed by atoms with Crippen LogP contribution < -0.4 is 0 Å². The lowest BCUT2D eigenvalue weighted by molar-refractivity contribution is -0.263. The average Bonchev–Trinajstić information content (AvgIpc) is 3.87. The summed E-state index contributed by atoms with van der Waals surface area (Å²) >= 11 is 0. The monoisotopic (exact) mass is 817 g/mol. The van der Waals surface area contributed by atoms with E-state index < -0.39 is 14.1 Å². The van der Waals surface area contributed by atoms with Crippen molar-refractivity contribution in [3.63, 3.8) is 0 Å². The van der Waals surface area contributed by atoms with E-state index in [2.05, 4.69) is 68.5 Å². The zero-order chi connectivity index (χ0) is 40.6. The third kappa shape index (κ3) is 9.27. The minimum atomic E-state index is -1.59. The van der Waals surface area contributed by atoms with Gasteiger partial charge in [-0.25, -0.2) is 0 Å². The number of aliphatic hydroxyl groups is 1. The molecule has 0 aromatic rings. The molecule has 9 nitrogen and oxygen atoms in total. The largest absolute Gasteiger partial charge is 0.417 e. The molecule has 8 aliphatic heterocycles. The van der Waals surface area contributed by atoms with Crippen molar-refractivity contribution in [3.05, 3.63) is 24.3 Å². The zero-order valence-corrected chi connectivity index (χ0v) is 38.0. The van der Waals surface area contributed by atoms with Gasteiger partial charge in [0, 0.05) is 38.4 Å². The van der Waals surface area contributed by atoms with Crippen molar-refractivity contribution in [2.75, 3.05) is 13.2 Å². The van der Waals surface area contributed by atoms with Gasteiger partial charge in [-0.15, -0.1) is 0 Å². The number of rotatable bonds is 20. The maximum Gasteiger partial charge on any atom is 0.191 e. The van der Waals surface area contributed by atoms with Crippen LogP contribution in [-0.2, 0) is 37.6 Å². The van der Waals surface area contributed by atoms with Gasteiger partial charge in [0.15, 0.2) is 14.1 Å². The maximum absolute atomic E-state index is 9.46. The van der Waals surface area contributed by atoms with E-state index in [1.54, 1.807) is 0 Å². The van der Waals surface area contributed by atoms with Crippen LogP contribution in [0.25, 0.3) is 0 Å². The van der Waals surface area contributed by atoms with Crippen LogP contribution in [0.15, 0.2) is 24.3 Å². The van der Waals surface area contributed by atoms with Crippen LogP contribution in [0.4, 0.5) is 0 Å². The average molecular weight is 817 g/mol. The second kappa shape index (κ2) is 18.8. The third-order valence-electron chi connectivity index (χ3n) is 16.1. The summed E-state index contributed by atoms with van der Waals surface area (Å²) in [6.07, 6.45) is 11.4. The van der Waals surface area contributed by atoms with Crippen LogP contribution in [0.1, 0.15) is 132 Å². The highest BCUT2D eigenvalue weighted by atomic mass is 28.4. The van der Waals surface area contributed by atoms with Gasteiger partial charge in [0.2, 0.25) is 0 Å². The van der Waals surface area contributed by atoms with Crippen LogP contribution >= 0.6 is 0 Å². The van der Waals surface area contributed by atoms with Crippen molar-refractivity contribution >= 4 is 8.32 Å². The maximum atomic E-state index is 9.46. The van der Waals surface area contributed by atoms with Gasteiger partial charge in [-0.3, -0.25) is 0 Å². The highest BCUT2D eigenvalue weighted by molar-refractivity contribution is 6.73. The number of ether oxygens (including phenoxy) is 7. The topological polar surface area (TPSA) is 94.1 Å². The van der Waals surface area contributed by atoms with Crippen LogP contribution in [0.5, 0.6) is 0 Å². The minimum Gasteiger partial charge on any atom is -0.417 e. The fraction of sp³-hybridized carbons (Fsp3) is 0.915. The van der Waals surface area contributed by atoms with Crippen molar-refractivity contribution in [2.24, 2.45) is 29.6 Å². The summed E-state index contributed by atoms with van der Waals surface area (Å²) in [5, 5.41) is 9.46. The Balaban J connectivity index is 0.884. The van der Waals surface area contributed by atoms with Gasteiger partial charge in [0.25, 0.3) is 0 Å². The van der Waals surface area contributed by atoms with Crippen LogP contribution in [0, 0.1) is 29.6 Å². The number of hydrogen-bond acceptors (Lipinski definition) is 9. The highest BCUT2D eigenvalue weighted by Gasteiger charge is 2.67. The molecule has 57 heavy (non-hydrogen) atoms. The van der Waals surface area contributed by atoms with Crippen LogP contribution in [0.3, 0.4) is 0 Å². The van der Waals surface area contributed by atoms with Crippen LogP contribution in [0.2, 0.25) is 18.1 Å². The van der Waals surface area contributed by atoms with E-state index in [9.17, 15) is 5.11 Å². The van der Waals surface area contributed by atoms with Gasteiger partial charge < -0.3 is 42.7 Å². The van der Waals surface area contributed by atoms with Gasteiger partial charge >= 0.3 is 0 Å². The molecule has 0 aromatic heterocycles. The Bertz CT molecular complexity index is 1350. The van der Waals surface area contributed by atoms with Crippen LogP contribution in [-0.4, -0.2) is 106 Å². The molecule has 6 bridgehead atoms. The fourth-order valence-electron chi connectivity index (χ4n) is 12.1. The van der Waals surface area contributed by atoms with Gasteiger partial charge in [-0.1, -0.05) is 75.0 Å². The van der Waals surface area contributed by atoms with Crippen molar-refractivity contribution in [3.8, 4) is 0 Å². The molecule has 0 spiro atoms. The summed E-state index contributed by atoms with van der Waals surface area (Å²) in [5.74, 6) is 1.49. The molecule has 18 atom stereocenters. The van der Waals surface area contributed by atoms with Gasteiger partial charge in [-0.05, 0) is 104 Å². The van der Waals surface area contributed by atoms with Crippen molar-refractivity contribution in [1.82, 2.24) is 0 Å². The van der Waals surface area contributed by atoms with E-state index in [-0.39, 0.29) is 85.8 Å². The van der Waals surface area contributed by atoms with E-state index >= 15 is 0 Å². The molecular weight excluding hydrogens is 737 g/mol. The summed E-state index contributed by atoms with van der Waals surface area (Å²) < 4.78 is 54.0. The second-order valence-electron chi connectivity index (χ2n) is 19.7. The molecule has 8 saturated heterocycles. The Morgan fingerprint density at radius 2 is 1.51 bits per heavy atom. The quantitative estimate of drug-likeness (QED) is 0.0954. The number of hydrogen-bond donors (Lipinski definition) is 1. The first kappa shape index (κ1) is 44.4.